The number of benzene rings is 1. The van der Waals surface area contributed by atoms with E-state index in [0.717, 1.165) is 12.6 Å². The standard InChI is InChI=1S/C15H22F2N2/c1-2-19(12-5-3-4-6-12)10-15(18)13-8-7-11(16)9-14(13)17/h7-9,12,15H,2-6,10,18H2,1H3. The van der Waals surface area contributed by atoms with Gasteiger partial charge in [-0.2, -0.15) is 0 Å². The summed E-state index contributed by atoms with van der Waals surface area (Å²) in [5.74, 6) is -1.11. The number of nitrogens with zero attached hydrogens (tertiary/aromatic N) is 1. The van der Waals surface area contributed by atoms with Crippen molar-refractivity contribution in [3.8, 4) is 0 Å². The molecular weight excluding hydrogens is 246 g/mol. The zero-order valence-corrected chi connectivity index (χ0v) is 11.4. The van der Waals surface area contributed by atoms with Gasteiger partial charge in [-0.3, -0.25) is 4.90 Å². The molecule has 1 aliphatic carbocycles. The summed E-state index contributed by atoms with van der Waals surface area (Å²) in [6.45, 7) is 3.65. The molecule has 19 heavy (non-hydrogen) atoms. The smallest absolute Gasteiger partial charge is 0.130 e. The van der Waals surface area contributed by atoms with E-state index in [1.807, 2.05) is 0 Å². The third-order valence-corrected chi connectivity index (χ3v) is 4.04. The summed E-state index contributed by atoms with van der Waals surface area (Å²) in [7, 11) is 0. The molecule has 106 valence electrons. The lowest BCUT2D eigenvalue weighted by molar-refractivity contribution is 0.196. The molecule has 0 saturated heterocycles. The summed E-state index contributed by atoms with van der Waals surface area (Å²) >= 11 is 0. The second-order valence-electron chi connectivity index (χ2n) is 5.30. The first-order valence-corrected chi connectivity index (χ1v) is 7.06. The van der Waals surface area contributed by atoms with Crippen LogP contribution in [0, 0.1) is 11.6 Å². The van der Waals surface area contributed by atoms with E-state index >= 15 is 0 Å². The minimum absolute atomic E-state index is 0.401. The molecule has 0 heterocycles. The maximum absolute atomic E-state index is 13.7. The lowest BCUT2D eigenvalue weighted by atomic mass is 10.1. The third kappa shape index (κ3) is 3.51. The Labute approximate surface area is 113 Å². The Balaban J connectivity index is 2.04. The van der Waals surface area contributed by atoms with Crippen LogP contribution in [-0.4, -0.2) is 24.0 Å². The minimum Gasteiger partial charge on any atom is -0.323 e. The monoisotopic (exact) mass is 268 g/mol. The van der Waals surface area contributed by atoms with Gasteiger partial charge in [-0.25, -0.2) is 8.78 Å². The van der Waals surface area contributed by atoms with Crippen LogP contribution in [0.5, 0.6) is 0 Å². The summed E-state index contributed by atoms with van der Waals surface area (Å²) in [6, 6.07) is 3.80. The number of halogens is 2. The van der Waals surface area contributed by atoms with Gasteiger partial charge in [-0.05, 0) is 25.5 Å². The zero-order valence-electron chi connectivity index (χ0n) is 11.4. The largest absolute Gasteiger partial charge is 0.323 e. The molecule has 2 rings (SSSR count). The fourth-order valence-corrected chi connectivity index (χ4v) is 2.96. The van der Waals surface area contributed by atoms with Crippen molar-refractivity contribution in [3.63, 3.8) is 0 Å². The Kier molecular flexibility index (Phi) is 4.88. The number of hydrogen-bond donors (Lipinski definition) is 1. The third-order valence-electron chi connectivity index (χ3n) is 4.04. The Morgan fingerprint density at radius 1 is 1.32 bits per heavy atom. The molecule has 1 unspecified atom stereocenters. The lowest BCUT2D eigenvalue weighted by Gasteiger charge is -2.30. The molecule has 1 aromatic carbocycles. The van der Waals surface area contributed by atoms with Crippen molar-refractivity contribution in [2.45, 2.75) is 44.7 Å². The van der Waals surface area contributed by atoms with Gasteiger partial charge in [0.1, 0.15) is 11.6 Å². The normalized spacial score (nSPS) is 18.2. The van der Waals surface area contributed by atoms with Gasteiger partial charge in [0, 0.05) is 30.3 Å². The quantitative estimate of drug-likeness (QED) is 0.888. The predicted molar refractivity (Wildman–Crippen MR) is 72.8 cm³/mol. The summed E-state index contributed by atoms with van der Waals surface area (Å²) in [5.41, 5.74) is 6.49. The van der Waals surface area contributed by atoms with E-state index in [2.05, 4.69) is 11.8 Å². The molecule has 2 N–H and O–H groups in total. The molecule has 0 aromatic heterocycles. The molecule has 2 nitrogen and oxygen atoms in total. The molecule has 0 spiro atoms. The highest BCUT2D eigenvalue weighted by Gasteiger charge is 2.24. The average Bonchev–Trinajstić information content (AvgIpc) is 2.89. The van der Waals surface area contributed by atoms with E-state index in [1.165, 1.54) is 37.8 Å². The molecule has 1 aliphatic rings. The molecule has 0 amide bonds. The van der Waals surface area contributed by atoms with Crippen molar-refractivity contribution in [3.05, 3.63) is 35.4 Å². The van der Waals surface area contributed by atoms with E-state index in [4.69, 9.17) is 5.73 Å². The van der Waals surface area contributed by atoms with Crippen molar-refractivity contribution < 1.29 is 8.78 Å². The molecule has 1 fully saturated rings. The summed E-state index contributed by atoms with van der Waals surface area (Å²) < 4.78 is 26.6. The van der Waals surface area contributed by atoms with Crippen LogP contribution in [0.3, 0.4) is 0 Å². The van der Waals surface area contributed by atoms with E-state index in [1.54, 1.807) is 0 Å². The SMILES string of the molecule is CCN(CC(N)c1ccc(F)cc1F)C1CCCC1. The van der Waals surface area contributed by atoms with Crippen LogP contribution >= 0.6 is 0 Å². The number of hydrogen-bond acceptors (Lipinski definition) is 2. The van der Waals surface area contributed by atoms with Gasteiger partial charge in [0.25, 0.3) is 0 Å². The highest BCUT2D eigenvalue weighted by molar-refractivity contribution is 5.22. The Morgan fingerprint density at radius 2 is 2.00 bits per heavy atom. The van der Waals surface area contributed by atoms with Crippen molar-refractivity contribution in [2.24, 2.45) is 5.73 Å². The van der Waals surface area contributed by atoms with Gasteiger partial charge in [-0.15, -0.1) is 0 Å². The van der Waals surface area contributed by atoms with Crippen LogP contribution in [0.25, 0.3) is 0 Å². The Morgan fingerprint density at radius 3 is 2.58 bits per heavy atom. The molecule has 0 radical (unpaired) electrons. The molecule has 0 bridgehead atoms. The second-order valence-corrected chi connectivity index (χ2v) is 5.30. The van der Waals surface area contributed by atoms with E-state index < -0.39 is 17.7 Å². The van der Waals surface area contributed by atoms with Gasteiger partial charge >= 0.3 is 0 Å². The second kappa shape index (κ2) is 6.44. The summed E-state index contributed by atoms with van der Waals surface area (Å²) in [6.07, 6.45) is 4.93. The van der Waals surface area contributed by atoms with Gasteiger partial charge in [0.2, 0.25) is 0 Å². The van der Waals surface area contributed by atoms with Crippen molar-refractivity contribution in [2.75, 3.05) is 13.1 Å². The Hall–Kier alpha value is -1.00. The first-order chi connectivity index (χ1) is 9.11. The molecule has 1 saturated carbocycles. The first kappa shape index (κ1) is 14.4. The zero-order chi connectivity index (χ0) is 13.8. The Bertz CT molecular complexity index is 417. The highest BCUT2D eigenvalue weighted by Crippen LogP contribution is 2.25. The topological polar surface area (TPSA) is 29.3 Å². The van der Waals surface area contributed by atoms with E-state index in [-0.39, 0.29) is 0 Å². The number of likely N-dealkylation sites (N-methyl/N-ethyl adjacent to an activating group) is 1. The van der Waals surface area contributed by atoms with Crippen LogP contribution in [0.4, 0.5) is 8.78 Å². The maximum Gasteiger partial charge on any atom is 0.130 e. The van der Waals surface area contributed by atoms with Gasteiger partial charge in [0.05, 0.1) is 0 Å². The van der Waals surface area contributed by atoms with Crippen LogP contribution in [0.1, 0.15) is 44.2 Å². The van der Waals surface area contributed by atoms with Gasteiger partial charge < -0.3 is 5.73 Å². The summed E-state index contributed by atoms with van der Waals surface area (Å²) in [4.78, 5) is 2.32. The van der Waals surface area contributed by atoms with Gasteiger partial charge in [-0.1, -0.05) is 25.8 Å². The highest BCUT2D eigenvalue weighted by atomic mass is 19.1. The number of nitrogens with two attached hydrogens (primary N) is 1. The average molecular weight is 268 g/mol. The molecule has 1 atom stereocenters. The van der Waals surface area contributed by atoms with Crippen LogP contribution in [0.2, 0.25) is 0 Å². The number of rotatable bonds is 5. The van der Waals surface area contributed by atoms with Gasteiger partial charge in [0.15, 0.2) is 0 Å². The van der Waals surface area contributed by atoms with Crippen LogP contribution < -0.4 is 5.73 Å². The molecule has 1 aromatic rings. The minimum atomic E-state index is -0.559. The van der Waals surface area contributed by atoms with Crippen LogP contribution in [-0.2, 0) is 0 Å². The lowest BCUT2D eigenvalue weighted by Crippen LogP contribution is -2.38. The van der Waals surface area contributed by atoms with Crippen molar-refractivity contribution in [1.82, 2.24) is 4.90 Å². The fraction of sp³-hybridized carbons (Fsp3) is 0.600. The fourth-order valence-electron chi connectivity index (χ4n) is 2.96. The predicted octanol–water partition coefficient (Wildman–Crippen LogP) is 3.23. The maximum atomic E-state index is 13.7. The van der Waals surface area contributed by atoms with Crippen LogP contribution in [0.15, 0.2) is 18.2 Å². The van der Waals surface area contributed by atoms with E-state index in [9.17, 15) is 8.78 Å². The van der Waals surface area contributed by atoms with Crippen molar-refractivity contribution >= 4 is 0 Å². The first-order valence-electron chi connectivity index (χ1n) is 7.06. The molecule has 0 aliphatic heterocycles. The molecule has 4 heteroatoms. The molecular formula is C15H22F2N2. The van der Waals surface area contributed by atoms with E-state index in [0.29, 0.717) is 18.2 Å². The summed E-state index contributed by atoms with van der Waals surface area (Å²) in [5, 5.41) is 0. The van der Waals surface area contributed by atoms with Crippen molar-refractivity contribution in [1.29, 1.82) is 0 Å².